The quantitative estimate of drug-likeness (QED) is 0.723. The fourth-order valence-electron chi connectivity index (χ4n) is 1.71. The molecule has 0 radical (unpaired) electrons. The number of anilines is 1. The normalized spacial score (nSPS) is 12.4. The van der Waals surface area contributed by atoms with Crippen molar-refractivity contribution in [2.45, 2.75) is 52.0 Å². The zero-order valence-electron chi connectivity index (χ0n) is 10.0. The van der Waals surface area contributed by atoms with Crippen LogP contribution in [-0.2, 0) is 0 Å². The van der Waals surface area contributed by atoms with Gasteiger partial charge in [-0.05, 0) is 12.8 Å². The third-order valence-electron chi connectivity index (χ3n) is 2.53. The molecule has 0 saturated carbocycles. The van der Waals surface area contributed by atoms with Crippen LogP contribution in [0.3, 0.4) is 0 Å². The Balaban J connectivity index is 2.52. The lowest BCUT2D eigenvalue weighted by Crippen LogP contribution is -2.20. The number of hydrogen-bond donors (Lipinski definition) is 1. The van der Waals surface area contributed by atoms with Crippen LogP contribution in [-0.4, -0.2) is 16.0 Å². The Morgan fingerprint density at radius 3 is 2.69 bits per heavy atom. The maximum Gasteiger partial charge on any atom is 0.217 e. The molecule has 0 bridgehead atoms. The first-order valence-corrected chi connectivity index (χ1v) is 6.00. The molecular formula is C12H20FN3. The zero-order chi connectivity index (χ0) is 11.8. The van der Waals surface area contributed by atoms with Crippen LogP contribution >= 0.6 is 0 Å². The molecule has 3 nitrogen and oxygen atoms in total. The second-order valence-electron chi connectivity index (χ2n) is 4.00. The molecule has 1 unspecified atom stereocenters. The van der Waals surface area contributed by atoms with Gasteiger partial charge in [-0.2, -0.15) is 4.39 Å². The summed E-state index contributed by atoms with van der Waals surface area (Å²) in [4.78, 5) is 7.44. The molecule has 16 heavy (non-hydrogen) atoms. The Labute approximate surface area is 96.5 Å². The van der Waals surface area contributed by atoms with Crippen molar-refractivity contribution in [3.05, 3.63) is 18.3 Å². The molecule has 0 aromatic carbocycles. The van der Waals surface area contributed by atoms with Crippen LogP contribution in [0.2, 0.25) is 0 Å². The van der Waals surface area contributed by atoms with Crippen molar-refractivity contribution in [3.63, 3.8) is 0 Å². The van der Waals surface area contributed by atoms with Crippen molar-refractivity contribution in [1.29, 1.82) is 0 Å². The molecule has 0 saturated heterocycles. The first kappa shape index (κ1) is 12.9. The summed E-state index contributed by atoms with van der Waals surface area (Å²) in [6, 6.07) is 1.73. The van der Waals surface area contributed by atoms with Gasteiger partial charge in [-0.25, -0.2) is 9.97 Å². The van der Waals surface area contributed by atoms with Gasteiger partial charge in [-0.1, -0.05) is 33.1 Å². The first-order valence-electron chi connectivity index (χ1n) is 6.00. The van der Waals surface area contributed by atoms with E-state index in [4.69, 9.17) is 0 Å². The van der Waals surface area contributed by atoms with Crippen molar-refractivity contribution in [2.75, 3.05) is 5.32 Å². The van der Waals surface area contributed by atoms with Crippen LogP contribution in [0.15, 0.2) is 12.4 Å². The zero-order valence-corrected chi connectivity index (χ0v) is 10.0. The predicted molar refractivity (Wildman–Crippen MR) is 63.8 cm³/mol. The van der Waals surface area contributed by atoms with E-state index in [1.807, 2.05) is 0 Å². The van der Waals surface area contributed by atoms with Gasteiger partial charge in [0.1, 0.15) is 12.1 Å². The molecule has 1 atom stereocenters. The van der Waals surface area contributed by atoms with Crippen LogP contribution in [0, 0.1) is 5.95 Å². The highest BCUT2D eigenvalue weighted by Crippen LogP contribution is 2.13. The van der Waals surface area contributed by atoms with Gasteiger partial charge >= 0.3 is 0 Å². The second-order valence-corrected chi connectivity index (χ2v) is 4.00. The predicted octanol–water partition coefficient (Wildman–Crippen LogP) is 3.39. The fourth-order valence-corrected chi connectivity index (χ4v) is 1.71. The van der Waals surface area contributed by atoms with Crippen molar-refractivity contribution in [2.24, 2.45) is 0 Å². The highest BCUT2D eigenvalue weighted by atomic mass is 19.1. The molecule has 1 aromatic rings. The molecule has 1 aromatic heterocycles. The van der Waals surface area contributed by atoms with Gasteiger partial charge in [0, 0.05) is 12.1 Å². The molecule has 4 heteroatoms. The van der Waals surface area contributed by atoms with E-state index in [0.29, 0.717) is 11.9 Å². The van der Waals surface area contributed by atoms with Gasteiger partial charge in [-0.15, -0.1) is 0 Å². The molecule has 0 amide bonds. The van der Waals surface area contributed by atoms with E-state index in [-0.39, 0.29) is 0 Å². The molecule has 1 N–H and O–H groups in total. The van der Waals surface area contributed by atoms with E-state index in [0.717, 1.165) is 19.3 Å². The summed E-state index contributed by atoms with van der Waals surface area (Å²) in [7, 11) is 0. The molecule has 0 fully saturated rings. The molecule has 0 spiro atoms. The highest BCUT2D eigenvalue weighted by molar-refractivity contribution is 5.33. The van der Waals surface area contributed by atoms with Crippen molar-refractivity contribution < 1.29 is 4.39 Å². The van der Waals surface area contributed by atoms with Crippen molar-refractivity contribution in [3.8, 4) is 0 Å². The molecule has 1 heterocycles. The molecule has 1 rings (SSSR count). The van der Waals surface area contributed by atoms with Crippen LogP contribution in [0.4, 0.5) is 10.2 Å². The number of unbranched alkanes of at least 4 members (excludes halogenated alkanes) is 1. The lowest BCUT2D eigenvalue weighted by atomic mass is 10.1. The summed E-state index contributed by atoms with van der Waals surface area (Å²) in [6.07, 6.45) is 6.93. The van der Waals surface area contributed by atoms with E-state index in [2.05, 4.69) is 29.1 Å². The number of rotatable bonds is 7. The lowest BCUT2D eigenvalue weighted by molar-refractivity contribution is 0.557. The topological polar surface area (TPSA) is 37.8 Å². The number of nitrogens with one attached hydrogen (secondary N) is 1. The van der Waals surface area contributed by atoms with Crippen LogP contribution in [0.25, 0.3) is 0 Å². The molecule has 0 aliphatic carbocycles. The summed E-state index contributed by atoms with van der Waals surface area (Å²) >= 11 is 0. The Bertz CT molecular complexity index is 304. The smallest absolute Gasteiger partial charge is 0.217 e. The molecule has 0 aliphatic heterocycles. The SMILES string of the molecule is CCCCC(CCC)Nc1cc(F)ncn1. The monoisotopic (exact) mass is 225 g/mol. The summed E-state index contributed by atoms with van der Waals surface area (Å²) < 4.78 is 12.9. The summed E-state index contributed by atoms with van der Waals surface area (Å²) in [5.74, 6) is 0.102. The molecule has 90 valence electrons. The minimum atomic E-state index is -0.483. The third kappa shape index (κ3) is 4.55. The van der Waals surface area contributed by atoms with Gasteiger partial charge in [0.2, 0.25) is 5.95 Å². The number of nitrogens with zero attached hydrogens (tertiary/aromatic N) is 2. The number of hydrogen-bond acceptors (Lipinski definition) is 3. The standard InChI is InChI=1S/C12H20FN3/c1-3-5-7-10(6-4-2)16-12-8-11(13)14-9-15-12/h8-10H,3-7H2,1-2H3,(H,14,15,16). The summed E-state index contributed by atoms with van der Waals surface area (Å²) in [5, 5.41) is 3.26. The van der Waals surface area contributed by atoms with E-state index in [9.17, 15) is 4.39 Å². The highest BCUT2D eigenvalue weighted by Gasteiger charge is 2.08. The lowest BCUT2D eigenvalue weighted by Gasteiger charge is -2.18. The van der Waals surface area contributed by atoms with E-state index < -0.39 is 5.95 Å². The Morgan fingerprint density at radius 2 is 2.06 bits per heavy atom. The number of halogens is 1. The van der Waals surface area contributed by atoms with E-state index >= 15 is 0 Å². The summed E-state index contributed by atoms with van der Waals surface area (Å²) in [6.45, 7) is 4.33. The van der Waals surface area contributed by atoms with Crippen LogP contribution in [0.1, 0.15) is 46.0 Å². The largest absolute Gasteiger partial charge is 0.367 e. The Morgan fingerprint density at radius 1 is 1.25 bits per heavy atom. The minimum absolute atomic E-state index is 0.388. The average Bonchev–Trinajstić information content (AvgIpc) is 2.26. The Hall–Kier alpha value is -1.19. The van der Waals surface area contributed by atoms with Crippen molar-refractivity contribution >= 4 is 5.82 Å². The average molecular weight is 225 g/mol. The van der Waals surface area contributed by atoms with E-state index in [1.165, 1.54) is 25.2 Å². The first-order chi connectivity index (χ1) is 7.76. The minimum Gasteiger partial charge on any atom is -0.367 e. The maximum atomic E-state index is 12.9. The maximum absolute atomic E-state index is 12.9. The Kier molecular flexibility index (Phi) is 5.75. The third-order valence-corrected chi connectivity index (χ3v) is 2.53. The van der Waals surface area contributed by atoms with Gasteiger partial charge < -0.3 is 5.32 Å². The van der Waals surface area contributed by atoms with Gasteiger partial charge in [0.25, 0.3) is 0 Å². The second kappa shape index (κ2) is 7.14. The molecular weight excluding hydrogens is 205 g/mol. The van der Waals surface area contributed by atoms with Crippen LogP contribution in [0.5, 0.6) is 0 Å². The molecule has 0 aliphatic rings. The van der Waals surface area contributed by atoms with Gasteiger partial charge in [-0.3, -0.25) is 0 Å². The van der Waals surface area contributed by atoms with Gasteiger partial charge in [0.15, 0.2) is 0 Å². The summed E-state index contributed by atoms with van der Waals surface area (Å²) in [5.41, 5.74) is 0. The fraction of sp³-hybridized carbons (Fsp3) is 0.667. The van der Waals surface area contributed by atoms with Crippen molar-refractivity contribution in [1.82, 2.24) is 9.97 Å². The number of aromatic nitrogens is 2. The van der Waals surface area contributed by atoms with Gasteiger partial charge in [0.05, 0.1) is 0 Å². The van der Waals surface area contributed by atoms with E-state index in [1.54, 1.807) is 0 Å². The van der Waals surface area contributed by atoms with Crippen LogP contribution < -0.4 is 5.32 Å².